The van der Waals surface area contributed by atoms with Crippen molar-refractivity contribution in [3.63, 3.8) is 0 Å². The van der Waals surface area contributed by atoms with Crippen LogP contribution in [0.3, 0.4) is 0 Å². The first-order chi connectivity index (χ1) is 10.7. The second-order valence-electron chi connectivity index (χ2n) is 8.87. The largest absolute Gasteiger partial charge is 0.481 e. The van der Waals surface area contributed by atoms with Crippen molar-refractivity contribution in [2.45, 2.75) is 77.1 Å². The fraction of sp³-hybridized carbons (Fsp3) is 0.941. The first-order valence-electron chi connectivity index (χ1n) is 9.14. The number of carbonyl (C=O) groups is 1. The van der Waals surface area contributed by atoms with Crippen LogP contribution in [0.1, 0.15) is 53.4 Å². The van der Waals surface area contributed by atoms with Gasteiger partial charge in [0.2, 0.25) is 5.91 Å². The fourth-order valence-electron chi connectivity index (χ4n) is 5.67. The minimum atomic E-state index is -0.457. The van der Waals surface area contributed by atoms with E-state index in [1.54, 1.807) is 6.92 Å². The lowest BCUT2D eigenvalue weighted by molar-refractivity contribution is -0.199. The monoisotopic (exact) mass is 320 g/mol. The van der Waals surface area contributed by atoms with Crippen LogP contribution in [0.5, 0.6) is 0 Å². The van der Waals surface area contributed by atoms with Gasteiger partial charge in [-0.05, 0) is 56.8 Å². The molecule has 23 heavy (non-hydrogen) atoms. The Morgan fingerprint density at radius 1 is 1.35 bits per heavy atom. The number of likely N-dealkylation sites (tertiary alicyclic amines) is 1. The van der Waals surface area contributed by atoms with Gasteiger partial charge in [0.1, 0.15) is 0 Å². The van der Waals surface area contributed by atoms with Gasteiger partial charge in [0.05, 0.1) is 23.7 Å². The number of amides is 1. The minimum absolute atomic E-state index is 0.0179. The molecule has 0 aromatic carbocycles. The van der Waals surface area contributed by atoms with E-state index in [1.165, 1.54) is 6.42 Å². The first-order valence-corrected chi connectivity index (χ1v) is 9.14. The van der Waals surface area contributed by atoms with Crippen LogP contribution in [0, 0.1) is 17.3 Å². The van der Waals surface area contributed by atoms with Crippen LogP contribution < -0.4 is 5.73 Å². The summed E-state index contributed by atoms with van der Waals surface area (Å²) in [6.45, 7) is 9.49. The zero-order valence-corrected chi connectivity index (χ0v) is 14.7. The molecule has 2 saturated heterocycles. The van der Waals surface area contributed by atoms with E-state index in [1.807, 2.05) is 4.90 Å². The van der Waals surface area contributed by atoms with Gasteiger partial charge in [-0.3, -0.25) is 4.79 Å². The molecular formula is C17H29BN2O3. The number of carbonyl (C=O) groups excluding carboxylic acids is 1. The molecule has 0 aromatic heterocycles. The Kier molecular flexibility index (Phi) is 3.43. The second kappa shape index (κ2) is 4.96. The highest BCUT2D eigenvalue weighted by molar-refractivity contribution is 6.48. The van der Waals surface area contributed by atoms with Crippen LogP contribution in [0.25, 0.3) is 0 Å². The molecule has 2 aliphatic heterocycles. The fourth-order valence-corrected chi connectivity index (χ4v) is 5.67. The van der Waals surface area contributed by atoms with Gasteiger partial charge >= 0.3 is 7.12 Å². The molecule has 5 fully saturated rings. The molecule has 5 nitrogen and oxygen atoms in total. The lowest BCUT2D eigenvalue weighted by Gasteiger charge is -2.64. The summed E-state index contributed by atoms with van der Waals surface area (Å²) in [6, 6.07) is -0.457. The maximum Gasteiger partial charge on any atom is 0.481 e. The molecule has 5 aliphatic rings. The lowest BCUT2D eigenvalue weighted by Crippen LogP contribution is -2.65. The topological polar surface area (TPSA) is 64.8 Å². The molecule has 1 amide bonds. The quantitative estimate of drug-likeness (QED) is 0.785. The lowest BCUT2D eigenvalue weighted by atomic mass is 9.43. The summed E-state index contributed by atoms with van der Waals surface area (Å²) >= 11 is 0. The van der Waals surface area contributed by atoms with Gasteiger partial charge in [-0.15, -0.1) is 0 Å². The van der Waals surface area contributed by atoms with Crippen molar-refractivity contribution in [3.05, 3.63) is 0 Å². The molecule has 3 aliphatic carbocycles. The maximum atomic E-state index is 12.4. The summed E-state index contributed by atoms with van der Waals surface area (Å²) in [4.78, 5) is 14.3. The van der Waals surface area contributed by atoms with Crippen molar-refractivity contribution in [1.29, 1.82) is 0 Å². The second-order valence-corrected chi connectivity index (χ2v) is 8.87. The molecule has 0 aromatic rings. The first kappa shape index (κ1) is 15.9. The van der Waals surface area contributed by atoms with Crippen LogP contribution in [-0.2, 0) is 14.1 Å². The van der Waals surface area contributed by atoms with E-state index in [0.29, 0.717) is 11.3 Å². The van der Waals surface area contributed by atoms with Gasteiger partial charge in [-0.2, -0.15) is 0 Å². The predicted molar refractivity (Wildman–Crippen MR) is 88.5 cm³/mol. The standard InChI is InChI=1S/C17H29BN2O3/c1-10(19)15(21)20-7-5-6-14(20)18-22-13-9-11-8-12(16(11,2)3)17(13,4)23-18/h10-14H,5-9,19H2,1-4H3/t10-,11+,12+,13?,14+,17+/m1/s1. The molecule has 6 atom stereocenters. The van der Waals surface area contributed by atoms with Gasteiger partial charge in [-0.25, -0.2) is 0 Å². The molecule has 2 N–H and O–H groups in total. The SMILES string of the molecule is C[C@@H](N)C(=O)N1CCC[C@H]1B1OC2C[C@@H]3C[C@@H](C3(C)C)[C@]2(C)O1. The molecule has 2 bridgehead atoms. The maximum absolute atomic E-state index is 12.4. The third-order valence-electron chi connectivity index (χ3n) is 7.25. The van der Waals surface area contributed by atoms with Crippen LogP contribution >= 0.6 is 0 Å². The predicted octanol–water partition coefficient (Wildman–Crippen LogP) is 1.59. The zero-order chi connectivity index (χ0) is 16.6. The summed E-state index contributed by atoms with van der Waals surface area (Å²) in [6.07, 6.45) is 4.47. The van der Waals surface area contributed by atoms with Crippen LogP contribution in [0.2, 0.25) is 0 Å². The highest BCUT2D eigenvalue weighted by Crippen LogP contribution is 2.65. The summed E-state index contributed by atoms with van der Waals surface area (Å²) in [5.41, 5.74) is 5.96. The van der Waals surface area contributed by atoms with E-state index < -0.39 is 6.04 Å². The Morgan fingerprint density at radius 2 is 2.09 bits per heavy atom. The van der Waals surface area contributed by atoms with E-state index in [4.69, 9.17) is 15.0 Å². The molecule has 2 heterocycles. The number of hydrogen-bond acceptors (Lipinski definition) is 4. The normalized spacial score (nSPS) is 45.6. The number of nitrogens with two attached hydrogens (primary N) is 1. The van der Waals surface area contributed by atoms with Crippen molar-refractivity contribution in [2.24, 2.45) is 23.0 Å². The smallest absolute Gasteiger partial charge is 0.404 e. The number of rotatable bonds is 2. The summed E-state index contributed by atoms with van der Waals surface area (Å²) < 4.78 is 12.9. The Labute approximate surface area is 139 Å². The van der Waals surface area contributed by atoms with Crippen molar-refractivity contribution in [2.75, 3.05) is 6.54 Å². The molecule has 1 unspecified atom stereocenters. The minimum Gasteiger partial charge on any atom is -0.404 e. The van der Waals surface area contributed by atoms with Gasteiger partial charge in [0.25, 0.3) is 0 Å². The Bertz CT molecular complexity index is 526. The summed E-state index contributed by atoms with van der Waals surface area (Å²) in [5, 5.41) is 0. The molecular weight excluding hydrogens is 291 g/mol. The van der Waals surface area contributed by atoms with Crippen molar-refractivity contribution in [1.82, 2.24) is 4.90 Å². The Balaban J connectivity index is 1.53. The summed E-state index contributed by atoms with van der Waals surface area (Å²) in [7, 11) is -0.287. The number of hydrogen-bond donors (Lipinski definition) is 1. The third kappa shape index (κ3) is 2.07. The van der Waals surface area contributed by atoms with Gasteiger partial charge in [-0.1, -0.05) is 13.8 Å². The van der Waals surface area contributed by atoms with Gasteiger partial charge in [0, 0.05) is 6.54 Å². The van der Waals surface area contributed by atoms with Crippen molar-refractivity contribution in [3.8, 4) is 0 Å². The zero-order valence-electron chi connectivity index (χ0n) is 14.7. The highest BCUT2D eigenvalue weighted by Gasteiger charge is 2.69. The average molecular weight is 320 g/mol. The Morgan fingerprint density at radius 3 is 2.74 bits per heavy atom. The van der Waals surface area contributed by atoms with E-state index in [9.17, 15) is 4.79 Å². The van der Waals surface area contributed by atoms with Crippen LogP contribution in [0.4, 0.5) is 0 Å². The van der Waals surface area contributed by atoms with E-state index in [0.717, 1.165) is 31.7 Å². The van der Waals surface area contributed by atoms with Gasteiger partial charge < -0.3 is 19.9 Å². The highest BCUT2D eigenvalue weighted by atomic mass is 16.7. The van der Waals surface area contributed by atoms with Gasteiger partial charge in [0.15, 0.2) is 0 Å². The molecule has 6 heteroatoms. The van der Waals surface area contributed by atoms with E-state index in [-0.39, 0.29) is 30.7 Å². The van der Waals surface area contributed by atoms with Crippen LogP contribution in [0.15, 0.2) is 0 Å². The summed E-state index contributed by atoms with van der Waals surface area (Å²) in [5.74, 6) is 1.35. The number of nitrogens with zero attached hydrogens (tertiary/aromatic N) is 1. The molecule has 5 rings (SSSR count). The van der Waals surface area contributed by atoms with Crippen molar-refractivity contribution >= 4 is 13.0 Å². The molecule has 3 saturated carbocycles. The third-order valence-corrected chi connectivity index (χ3v) is 7.25. The van der Waals surface area contributed by atoms with E-state index >= 15 is 0 Å². The molecule has 0 spiro atoms. The van der Waals surface area contributed by atoms with Crippen LogP contribution in [-0.4, -0.2) is 48.2 Å². The average Bonchev–Trinajstić information content (AvgIpc) is 3.08. The Hall–Kier alpha value is -0.585. The van der Waals surface area contributed by atoms with Crippen molar-refractivity contribution < 1.29 is 14.1 Å². The molecule has 0 radical (unpaired) electrons. The molecule has 128 valence electrons. The van der Waals surface area contributed by atoms with E-state index in [2.05, 4.69) is 20.8 Å².